The summed E-state index contributed by atoms with van der Waals surface area (Å²) in [7, 11) is 0. The van der Waals surface area contributed by atoms with Crippen molar-refractivity contribution >= 4 is 5.91 Å². The van der Waals surface area contributed by atoms with E-state index in [-0.39, 0.29) is 0 Å². The molecule has 20 atom stereocenters. The standard InChI is InChI=1S/C26H45NO19/c1-6-12(31)16(35)19(38)24(40-6)45-21-17(36)13(32)7(2)41-25(21)46-22-18(37)14(33)9(4-28)43-26(22)44-20-11(27-8(3)30)23(39)42-10(5-29)15(20)34/h6-7,9-26,28-29,31-39H,4-5H2,1-3H3,(H,27,30)/t6-,7-,9+,10+,11+,12-,13-,14-,15+,16+,17+,18-,19+,20+,21+,22+,23+,24-,25-,26+/m0/s1. The van der Waals surface area contributed by atoms with Crippen LogP contribution in [-0.4, -0.2) is 198 Å². The van der Waals surface area contributed by atoms with Crippen molar-refractivity contribution in [2.75, 3.05) is 13.2 Å². The van der Waals surface area contributed by atoms with Crippen molar-refractivity contribution in [1.29, 1.82) is 0 Å². The Labute approximate surface area is 262 Å². The molecular formula is C26H45NO19. The molecule has 4 heterocycles. The summed E-state index contributed by atoms with van der Waals surface area (Å²) in [5.41, 5.74) is 0. The van der Waals surface area contributed by atoms with E-state index < -0.39 is 142 Å². The highest BCUT2D eigenvalue weighted by Gasteiger charge is 2.55. The maximum atomic E-state index is 11.9. The Balaban J connectivity index is 1.64. The predicted octanol–water partition coefficient (Wildman–Crippen LogP) is -7.55. The maximum Gasteiger partial charge on any atom is 0.217 e. The molecule has 4 aliphatic rings. The second-order valence-corrected chi connectivity index (χ2v) is 11.8. The Bertz CT molecular complexity index is 997. The van der Waals surface area contributed by atoms with E-state index in [0.717, 1.165) is 6.92 Å². The second-order valence-electron chi connectivity index (χ2n) is 11.8. The zero-order valence-corrected chi connectivity index (χ0v) is 25.1. The van der Waals surface area contributed by atoms with Crippen molar-refractivity contribution in [3.05, 3.63) is 0 Å². The van der Waals surface area contributed by atoms with Gasteiger partial charge in [-0.3, -0.25) is 4.79 Å². The third-order valence-corrected chi connectivity index (χ3v) is 8.53. The molecule has 1 amide bonds. The fourth-order valence-corrected chi connectivity index (χ4v) is 5.79. The molecule has 20 nitrogen and oxygen atoms in total. The van der Waals surface area contributed by atoms with Crippen LogP contribution in [0.5, 0.6) is 0 Å². The smallest absolute Gasteiger partial charge is 0.217 e. The number of rotatable bonds is 9. The topological polar surface area (TPSA) is 316 Å². The first-order valence-electron chi connectivity index (χ1n) is 14.8. The Morgan fingerprint density at radius 3 is 1.59 bits per heavy atom. The van der Waals surface area contributed by atoms with Crippen LogP contribution in [0.4, 0.5) is 0 Å². The highest BCUT2D eigenvalue weighted by atomic mass is 16.8. The van der Waals surface area contributed by atoms with Crippen molar-refractivity contribution in [2.45, 2.75) is 144 Å². The van der Waals surface area contributed by atoms with Gasteiger partial charge < -0.3 is 94.6 Å². The molecule has 0 unspecified atom stereocenters. The summed E-state index contributed by atoms with van der Waals surface area (Å²) in [5, 5.41) is 117. The molecule has 0 aromatic heterocycles. The van der Waals surface area contributed by atoms with Gasteiger partial charge in [0.1, 0.15) is 85.4 Å². The Kier molecular flexibility index (Phi) is 12.7. The summed E-state index contributed by atoms with van der Waals surface area (Å²) < 4.78 is 39.5. The van der Waals surface area contributed by atoms with Gasteiger partial charge in [0.2, 0.25) is 5.91 Å². The van der Waals surface area contributed by atoms with Gasteiger partial charge in [0.15, 0.2) is 25.2 Å². The van der Waals surface area contributed by atoms with Crippen LogP contribution >= 0.6 is 0 Å². The van der Waals surface area contributed by atoms with Crippen LogP contribution in [-0.2, 0) is 38.0 Å². The first-order chi connectivity index (χ1) is 21.6. The van der Waals surface area contributed by atoms with Gasteiger partial charge in [-0.1, -0.05) is 0 Å². The molecule has 20 heteroatoms. The highest BCUT2D eigenvalue weighted by molar-refractivity contribution is 5.73. The van der Waals surface area contributed by atoms with Gasteiger partial charge in [0.25, 0.3) is 0 Å². The summed E-state index contributed by atoms with van der Waals surface area (Å²) in [6.45, 7) is 2.22. The van der Waals surface area contributed by atoms with Gasteiger partial charge in [0, 0.05) is 6.92 Å². The molecule has 4 rings (SSSR count). The van der Waals surface area contributed by atoms with Gasteiger partial charge in [-0.25, -0.2) is 0 Å². The molecule has 0 spiro atoms. The molecule has 4 aliphatic heterocycles. The normalized spacial score (nSPS) is 51.9. The SMILES string of the molecule is CC(=O)N[C@@H]1[C@@H](O[C@H]2O[C@H](CO)[C@H](O)[C@H](O)[C@H]2O[C@@H]2O[C@@H](C)[C@H](O)[C@@H](O)[C@H]2O[C@@H]2O[C@@H](C)[C@H](O)[C@@H](O)[C@H]2O)[C@H](O)[C@@H](CO)O[C@H]1O. The van der Waals surface area contributed by atoms with E-state index in [1.807, 2.05) is 0 Å². The third-order valence-electron chi connectivity index (χ3n) is 8.53. The van der Waals surface area contributed by atoms with Crippen LogP contribution in [0.1, 0.15) is 20.8 Å². The van der Waals surface area contributed by atoms with Crippen LogP contribution < -0.4 is 5.32 Å². The van der Waals surface area contributed by atoms with Gasteiger partial charge in [0.05, 0.1) is 25.4 Å². The molecule has 4 saturated heterocycles. The van der Waals surface area contributed by atoms with E-state index in [9.17, 15) is 61.0 Å². The van der Waals surface area contributed by atoms with Crippen LogP contribution in [0.2, 0.25) is 0 Å². The van der Waals surface area contributed by atoms with Gasteiger partial charge >= 0.3 is 0 Å². The molecule has 268 valence electrons. The van der Waals surface area contributed by atoms with E-state index in [1.165, 1.54) is 13.8 Å². The summed E-state index contributed by atoms with van der Waals surface area (Å²) in [6.07, 6.45) is -31.3. The Morgan fingerprint density at radius 2 is 1.02 bits per heavy atom. The average molecular weight is 676 g/mol. The largest absolute Gasteiger partial charge is 0.394 e. The molecule has 46 heavy (non-hydrogen) atoms. The van der Waals surface area contributed by atoms with Crippen LogP contribution in [0, 0.1) is 0 Å². The zero-order chi connectivity index (χ0) is 34.2. The fourth-order valence-electron chi connectivity index (χ4n) is 5.79. The van der Waals surface area contributed by atoms with Crippen molar-refractivity contribution in [3.63, 3.8) is 0 Å². The van der Waals surface area contributed by atoms with E-state index in [0.29, 0.717) is 0 Å². The number of amides is 1. The lowest BCUT2D eigenvalue weighted by Gasteiger charge is -2.49. The van der Waals surface area contributed by atoms with E-state index in [1.54, 1.807) is 0 Å². The number of aliphatic hydroxyl groups is 11. The number of nitrogens with one attached hydrogen (secondary N) is 1. The molecule has 4 fully saturated rings. The number of hydrogen-bond donors (Lipinski definition) is 12. The lowest BCUT2D eigenvalue weighted by Crippen LogP contribution is -2.69. The molecule has 12 N–H and O–H groups in total. The minimum absolute atomic E-state index is 0.673. The summed E-state index contributed by atoms with van der Waals surface area (Å²) in [5.74, 6) is -0.673. The molecule has 0 aromatic carbocycles. The molecule has 0 radical (unpaired) electrons. The molecule has 0 bridgehead atoms. The molecule has 0 saturated carbocycles. The van der Waals surface area contributed by atoms with Gasteiger partial charge in [-0.05, 0) is 13.8 Å². The maximum absolute atomic E-state index is 11.9. The number of hydrogen-bond acceptors (Lipinski definition) is 19. The number of ether oxygens (including phenoxy) is 7. The van der Waals surface area contributed by atoms with E-state index in [4.69, 9.17) is 33.2 Å². The van der Waals surface area contributed by atoms with Crippen LogP contribution in [0.25, 0.3) is 0 Å². The quantitative estimate of drug-likeness (QED) is 0.108. The minimum Gasteiger partial charge on any atom is -0.394 e. The second kappa shape index (κ2) is 15.5. The monoisotopic (exact) mass is 675 g/mol. The van der Waals surface area contributed by atoms with Crippen molar-refractivity contribution < 1.29 is 94.1 Å². The van der Waals surface area contributed by atoms with Crippen molar-refractivity contribution in [1.82, 2.24) is 5.32 Å². The number of aliphatic hydroxyl groups excluding tert-OH is 11. The Hall–Kier alpha value is -1.25. The summed E-state index contributed by atoms with van der Waals surface area (Å²) in [6, 6.07) is -1.47. The highest BCUT2D eigenvalue weighted by Crippen LogP contribution is 2.34. The zero-order valence-electron chi connectivity index (χ0n) is 25.1. The van der Waals surface area contributed by atoms with Gasteiger partial charge in [-0.2, -0.15) is 0 Å². The van der Waals surface area contributed by atoms with E-state index in [2.05, 4.69) is 5.32 Å². The van der Waals surface area contributed by atoms with Crippen molar-refractivity contribution in [3.8, 4) is 0 Å². The first kappa shape index (κ1) is 37.6. The summed E-state index contributed by atoms with van der Waals surface area (Å²) >= 11 is 0. The van der Waals surface area contributed by atoms with E-state index >= 15 is 0 Å². The summed E-state index contributed by atoms with van der Waals surface area (Å²) in [4.78, 5) is 11.9. The predicted molar refractivity (Wildman–Crippen MR) is 143 cm³/mol. The number of carbonyl (C=O) groups is 1. The first-order valence-corrected chi connectivity index (χ1v) is 14.8. The van der Waals surface area contributed by atoms with Crippen LogP contribution in [0.15, 0.2) is 0 Å². The Morgan fingerprint density at radius 1 is 0.565 bits per heavy atom. The lowest BCUT2D eigenvalue weighted by molar-refractivity contribution is -0.397. The number of carbonyl (C=O) groups excluding carboxylic acids is 1. The minimum atomic E-state index is -1.94. The van der Waals surface area contributed by atoms with Gasteiger partial charge in [-0.15, -0.1) is 0 Å². The fraction of sp³-hybridized carbons (Fsp3) is 0.962. The molecule has 0 aliphatic carbocycles. The average Bonchev–Trinajstić information content (AvgIpc) is 3.01. The van der Waals surface area contributed by atoms with Crippen LogP contribution in [0.3, 0.4) is 0 Å². The molecular weight excluding hydrogens is 630 g/mol. The molecule has 0 aromatic rings. The lowest BCUT2D eigenvalue weighted by atomic mass is 9.95. The van der Waals surface area contributed by atoms with Crippen molar-refractivity contribution in [2.24, 2.45) is 0 Å². The third kappa shape index (κ3) is 7.64.